The average molecular weight is 335 g/mol. The van der Waals surface area contributed by atoms with Crippen LogP contribution in [-0.4, -0.2) is 18.2 Å². The molecule has 1 aromatic heterocycles. The molecule has 6 heteroatoms. The van der Waals surface area contributed by atoms with E-state index in [-0.39, 0.29) is 4.90 Å². The molecule has 4 nitrogen and oxygen atoms in total. The van der Waals surface area contributed by atoms with Crippen LogP contribution in [0.25, 0.3) is 0 Å². The lowest BCUT2D eigenvalue weighted by molar-refractivity contribution is 0.511. The molecule has 0 bridgehead atoms. The second-order valence-electron chi connectivity index (χ2n) is 5.36. The summed E-state index contributed by atoms with van der Waals surface area (Å²) >= 11 is 0. The summed E-state index contributed by atoms with van der Waals surface area (Å²) < 4.78 is 25.4. The van der Waals surface area contributed by atoms with Gasteiger partial charge >= 0.3 is 0 Å². The molecule has 122 valence electrons. The normalized spacial score (nSPS) is 12.0. The Kier molecular flexibility index (Phi) is 7.74. The molecule has 0 atom stereocenters. The third-order valence-electron chi connectivity index (χ3n) is 3.71. The minimum Gasteiger partial charge on any atom is -0.268 e. The van der Waals surface area contributed by atoms with Gasteiger partial charge in [0.2, 0.25) is 0 Å². The van der Waals surface area contributed by atoms with Gasteiger partial charge in [-0.05, 0) is 19.3 Å². The van der Waals surface area contributed by atoms with E-state index in [0.717, 1.165) is 25.1 Å². The molecule has 0 unspecified atom stereocenters. The number of aromatic nitrogens is 2. The largest absolute Gasteiger partial charge is 0.268 e. The fourth-order valence-electron chi connectivity index (χ4n) is 2.62. The first-order valence-corrected chi connectivity index (χ1v) is 10.3. The van der Waals surface area contributed by atoms with Gasteiger partial charge in [0, 0.05) is 17.2 Å². The Morgan fingerprint density at radius 2 is 1.62 bits per heavy atom. The van der Waals surface area contributed by atoms with Gasteiger partial charge in [0.15, 0.2) is 0 Å². The molecule has 0 radical (unpaired) electrons. The molecule has 0 fully saturated rings. The summed E-state index contributed by atoms with van der Waals surface area (Å²) in [4.78, 5) is 0.236. The lowest BCUT2D eigenvalue weighted by atomic mass is 10.1. The molecule has 0 aliphatic heterocycles. The van der Waals surface area contributed by atoms with E-state index in [1.807, 2.05) is 18.5 Å². The van der Waals surface area contributed by atoms with Crippen LogP contribution in [0.15, 0.2) is 4.90 Å². The van der Waals surface area contributed by atoms with Crippen molar-refractivity contribution in [1.82, 2.24) is 9.78 Å². The number of nitrogens with zero attached hydrogens (tertiary/aromatic N) is 2. The second-order valence-corrected chi connectivity index (χ2v) is 7.86. The smallest absolute Gasteiger partial charge is 0.264 e. The summed E-state index contributed by atoms with van der Waals surface area (Å²) in [7, 11) is 1.86. The first kappa shape index (κ1) is 18.5. The van der Waals surface area contributed by atoms with Gasteiger partial charge in [0.1, 0.15) is 4.90 Å². The first-order valence-electron chi connectivity index (χ1n) is 7.98. The molecular formula is C15H27ClN2O2S. The molecule has 1 heterocycles. The minimum atomic E-state index is -3.72. The molecule has 0 amide bonds. The summed E-state index contributed by atoms with van der Waals surface area (Å²) in [6.45, 7) is 6.83. The highest BCUT2D eigenvalue weighted by Crippen LogP contribution is 2.25. The highest BCUT2D eigenvalue weighted by molar-refractivity contribution is 8.13. The van der Waals surface area contributed by atoms with E-state index < -0.39 is 9.05 Å². The van der Waals surface area contributed by atoms with Crippen LogP contribution in [-0.2, 0) is 28.4 Å². The van der Waals surface area contributed by atoms with Crippen molar-refractivity contribution < 1.29 is 8.42 Å². The summed E-state index contributed by atoms with van der Waals surface area (Å²) in [5, 5.41) is 4.45. The Morgan fingerprint density at radius 3 is 2.14 bits per heavy atom. The molecule has 0 saturated carbocycles. The van der Waals surface area contributed by atoms with Gasteiger partial charge in [-0.2, -0.15) is 5.10 Å². The van der Waals surface area contributed by atoms with Crippen molar-refractivity contribution in [2.24, 2.45) is 0 Å². The fourth-order valence-corrected chi connectivity index (χ4v) is 4.15. The predicted octanol–water partition coefficient (Wildman–Crippen LogP) is 4.30. The summed E-state index contributed by atoms with van der Waals surface area (Å²) in [5.41, 5.74) is 1.34. The topological polar surface area (TPSA) is 52.0 Å². The van der Waals surface area contributed by atoms with E-state index in [4.69, 9.17) is 10.7 Å². The zero-order valence-electron chi connectivity index (χ0n) is 13.4. The van der Waals surface area contributed by atoms with Gasteiger partial charge in [-0.1, -0.05) is 52.9 Å². The number of rotatable bonds is 10. The molecule has 1 aromatic rings. The van der Waals surface area contributed by atoms with Crippen molar-refractivity contribution in [3.05, 3.63) is 11.4 Å². The molecule has 0 aromatic carbocycles. The van der Waals surface area contributed by atoms with E-state index in [2.05, 4.69) is 12.0 Å². The molecule has 21 heavy (non-hydrogen) atoms. The van der Waals surface area contributed by atoms with Crippen LogP contribution in [0.5, 0.6) is 0 Å². The van der Waals surface area contributed by atoms with E-state index in [0.29, 0.717) is 18.5 Å². The summed E-state index contributed by atoms with van der Waals surface area (Å²) in [5.74, 6) is 0. The van der Waals surface area contributed by atoms with Crippen LogP contribution >= 0.6 is 10.7 Å². The highest BCUT2D eigenvalue weighted by atomic mass is 35.7. The van der Waals surface area contributed by atoms with Crippen molar-refractivity contribution >= 4 is 19.7 Å². The van der Waals surface area contributed by atoms with Gasteiger partial charge in [0.05, 0.1) is 11.4 Å². The maximum atomic E-state index is 11.8. The zero-order valence-corrected chi connectivity index (χ0v) is 14.9. The Balaban J connectivity index is 2.77. The Labute approximate surface area is 133 Å². The Hall–Kier alpha value is -0.550. The first-order chi connectivity index (χ1) is 9.95. The highest BCUT2D eigenvalue weighted by Gasteiger charge is 2.25. The van der Waals surface area contributed by atoms with E-state index in [9.17, 15) is 8.42 Å². The Morgan fingerprint density at radius 1 is 1.00 bits per heavy atom. The molecule has 0 N–H and O–H groups in total. The van der Waals surface area contributed by atoms with Crippen LogP contribution in [0.4, 0.5) is 0 Å². The molecule has 0 aliphatic carbocycles. The number of hydrogen-bond donors (Lipinski definition) is 0. The van der Waals surface area contributed by atoms with Crippen molar-refractivity contribution in [3.63, 3.8) is 0 Å². The van der Waals surface area contributed by atoms with Crippen LogP contribution in [0.2, 0.25) is 0 Å². The number of unbranched alkanes of at least 4 members (excludes halogenated alkanes) is 5. The fraction of sp³-hybridized carbons (Fsp3) is 0.800. The van der Waals surface area contributed by atoms with Crippen LogP contribution in [0.3, 0.4) is 0 Å². The van der Waals surface area contributed by atoms with Crippen molar-refractivity contribution in [1.29, 1.82) is 0 Å². The maximum absolute atomic E-state index is 11.8. The average Bonchev–Trinajstić information content (AvgIpc) is 2.80. The molecule has 1 rings (SSSR count). The van der Waals surface area contributed by atoms with Crippen molar-refractivity contribution in [2.45, 2.75) is 83.6 Å². The van der Waals surface area contributed by atoms with Crippen LogP contribution < -0.4 is 0 Å². The van der Waals surface area contributed by atoms with Gasteiger partial charge < -0.3 is 0 Å². The van der Waals surface area contributed by atoms with Gasteiger partial charge in [-0.25, -0.2) is 8.42 Å². The van der Waals surface area contributed by atoms with E-state index >= 15 is 0 Å². The van der Waals surface area contributed by atoms with E-state index in [1.165, 1.54) is 25.7 Å². The lowest BCUT2D eigenvalue weighted by Gasteiger charge is -2.06. The van der Waals surface area contributed by atoms with Crippen molar-refractivity contribution in [2.75, 3.05) is 0 Å². The molecular weight excluding hydrogens is 308 g/mol. The van der Waals surface area contributed by atoms with E-state index in [1.54, 1.807) is 0 Å². The number of aryl methyl sites for hydroxylation is 2. The Bertz CT molecular complexity index is 538. The molecule has 0 spiro atoms. The van der Waals surface area contributed by atoms with Crippen molar-refractivity contribution in [3.8, 4) is 0 Å². The lowest BCUT2D eigenvalue weighted by Crippen LogP contribution is -2.06. The van der Waals surface area contributed by atoms with Gasteiger partial charge in [0.25, 0.3) is 9.05 Å². The quantitative estimate of drug-likeness (QED) is 0.473. The molecule has 0 saturated heterocycles. The monoisotopic (exact) mass is 334 g/mol. The summed E-state index contributed by atoms with van der Waals surface area (Å²) in [6.07, 6.45) is 8.45. The molecule has 0 aliphatic rings. The third-order valence-corrected chi connectivity index (χ3v) is 5.14. The number of halogens is 1. The van der Waals surface area contributed by atoms with Crippen LogP contribution in [0, 0.1) is 0 Å². The number of hydrogen-bond acceptors (Lipinski definition) is 3. The standard InChI is InChI=1S/C15H27ClN2O2S/c1-4-7-8-9-10-11-12-18-14(6-3)15(21(16,19)20)13(5-2)17-18/h4-12H2,1-3H3. The minimum absolute atomic E-state index is 0.236. The maximum Gasteiger partial charge on any atom is 0.264 e. The predicted molar refractivity (Wildman–Crippen MR) is 87.4 cm³/mol. The summed E-state index contributed by atoms with van der Waals surface area (Å²) in [6, 6.07) is 0. The zero-order chi connectivity index (χ0) is 15.9. The van der Waals surface area contributed by atoms with Gasteiger partial charge in [-0.3, -0.25) is 4.68 Å². The third kappa shape index (κ3) is 5.29. The SMILES string of the molecule is CCCCCCCCn1nc(CC)c(S(=O)(=O)Cl)c1CC. The second kappa shape index (κ2) is 8.79. The van der Waals surface area contributed by atoms with Crippen LogP contribution in [0.1, 0.15) is 70.7 Å². The van der Waals surface area contributed by atoms with Gasteiger partial charge in [-0.15, -0.1) is 0 Å².